The second-order valence-corrected chi connectivity index (χ2v) is 6.50. The summed E-state index contributed by atoms with van der Waals surface area (Å²) in [5.41, 5.74) is 2.62. The molecule has 2 aromatic rings. The van der Waals surface area contributed by atoms with E-state index in [1.54, 1.807) is 29.3 Å². The van der Waals surface area contributed by atoms with Gasteiger partial charge in [0.1, 0.15) is 13.2 Å². The maximum absolute atomic E-state index is 12.7. The molecular formula is C21H20N2O4. The second-order valence-electron chi connectivity index (χ2n) is 6.50. The number of hydrogen-bond acceptors (Lipinski definition) is 4. The SMILES string of the molecule is CC(=O)N1C=Cc2ccccc2C1CC(=O)Nc1ccc2c(c1)OCCO2. The fourth-order valence-corrected chi connectivity index (χ4v) is 3.42. The third-order valence-corrected chi connectivity index (χ3v) is 4.67. The van der Waals surface area contributed by atoms with Gasteiger partial charge in [0.15, 0.2) is 11.5 Å². The Labute approximate surface area is 157 Å². The van der Waals surface area contributed by atoms with Crippen LogP contribution in [0.1, 0.15) is 30.5 Å². The van der Waals surface area contributed by atoms with Gasteiger partial charge >= 0.3 is 0 Å². The van der Waals surface area contributed by atoms with Gasteiger partial charge in [0, 0.05) is 24.9 Å². The summed E-state index contributed by atoms with van der Waals surface area (Å²) in [6, 6.07) is 12.8. The largest absolute Gasteiger partial charge is 0.486 e. The lowest BCUT2D eigenvalue weighted by Crippen LogP contribution is -2.33. The number of nitrogens with zero attached hydrogens (tertiary/aromatic N) is 1. The Morgan fingerprint density at radius 1 is 1.11 bits per heavy atom. The van der Waals surface area contributed by atoms with Crippen molar-refractivity contribution in [3.05, 3.63) is 59.8 Å². The van der Waals surface area contributed by atoms with Crippen LogP contribution in [0, 0.1) is 0 Å². The van der Waals surface area contributed by atoms with Crippen molar-refractivity contribution in [3.8, 4) is 11.5 Å². The number of anilines is 1. The minimum absolute atomic E-state index is 0.0992. The van der Waals surface area contributed by atoms with Crippen molar-refractivity contribution in [2.45, 2.75) is 19.4 Å². The van der Waals surface area contributed by atoms with Gasteiger partial charge < -0.3 is 19.7 Å². The number of nitrogens with one attached hydrogen (secondary N) is 1. The van der Waals surface area contributed by atoms with E-state index in [2.05, 4.69) is 5.32 Å². The zero-order valence-electron chi connectivity index (χ0n) is 15.0. The van der Waals surface area contributed by atoms with Crippen LogP contribution >= 0.6 is 0 Å². The molecule has 2 aliphatic heterocycles. The van der Waals surface area contributed by atoms with Crippen LogP contribution < -0.4 is 14.8 Å². The van der Waals surface area contributed by atoms with Crippen molar-refractivity contribution in [2.24, 2.45) is 0 Å². The summed E-state index contributed by atoms with van der Waals surface area (Å²) < 4.78 is 11.0. The van der Waals surface area contributed by atoms with E-state index in [-0.39, 0.29) is 24.3 Å². The van der Waals surface area contributed by atoms with Gasteiger partial charge in [-0.3, -0.25) is 9.59 Å². The Kier molecular flexibility index (Phi) is 4.54. The van der Waals surface area contributed by atoms with E-state index >= 15 is 0 Å². The summed E-state index contributed by atoms with van der Waals surface area (Å²) >= 11 is 0. The molecule has 1 atom stereocenters. The van der Waals surface area contributed by atoms with Gasteiger partial charge in [-0.05, 0) is 29.3 Å². The molecule has 6 heteroatoms. The summed E-state index contributed by atoms with van der Waals surface area (Å²) in [7, 11) is 0. The number of carbonyl (C=O) groups excluding carboxylic acids is 2. The van der Waals surface area contributed by atoms with Crippen LogP contribution in [0.15, 0.2) is 48.7 Å². The lowest BCUT2D eigenvalue weighted by atomic mass is 9.93. The fourth-order valence-electron chi connectivity index (χ4n) is 3.42. The van der Waals surface area contributed by atoms with Crippen LogP contribution in [0.25, 0.3) is 6.08 Å². The summed E-state index contributed by atoms with van der Waals surface area (Å²) in [5.74, 6) is 1.02. The highest BCUT2D eigenvalue weighted by molar-refractivity contribution is 5.92. The molecule has 1 unspecified atom stereocenters. The highest BCUT2D eigenvalue weighted by atomic mass is 16.6. The predicted molar refractivity (Wildman–Crippen MR) is 101 cm³/mol. The van der Waals surface area contributed by atoms with E-state index in [1.807, 2.05) is 30.3 Å². The highest BCUT2D eigenvalue weighted by Crippen LogP contribution is 2.35. The van der Waals surface area contributed by atoms with E-state index in [9.17, 15) is 9.59 Å². The molecule has 2 amide bonds. The summed E-state index contributed by atoms with van der Waals surface area (Å²) in [6.07, 6.45) is 3.80. The Morgan fingerprint density at radius 2 is 1.89 bits per heavy atom. The van der Waals surface area contributed by atoms with Crippen molar-refractivity contribution in [1.82, 2.24) is 4.90 Å². The molecule has 0 saturated carbocycles. The maximum Gasteiger partial charge on any atom is 0.226 e. The molecule has 27 heavy (non-hydrogen) atoms. The monoisotopic (exact) mass is 364 g/mol. The first kappa shape index (κ1) is 17.1. The molecule has 0 aliphatic carbocycles. The number of benzene rings is 2. The predicted octanol–water partition coefficient (Wildman–Crippen LogP) is 3.36. The van der Waals surface area contributed by atoms with Crippen LogP contribution in [0.3, 0.4) is 0 Å². The Bertz CT molecular complexity index is 922. The highest BCUT2D eigenvalue weighted by Gasteiger charge is 2.28. The number of amides is 2. The second kappa shape index (κ2) is 7.15. The smallest absolute Gasteiger partial charge is 0.226 e. The molecule has 0 bridgehead atoms. The zero-order chi connectivity index (χ0) is 18.8. The summed E-state index contributed by atoms with van der Waals surface area (Å²) in [5, 5.41) is 2.89. The third-order valence-electron chi connectivity index (χ3n) is 4.67. The van der Waals surface area contributed by atoms with Gasteiger partial charge in [0.05, 0.1) is 12.5 Å². The van der Waals surface area contributed by atoms with Crippen molar-refractivity contribution in [2.75, 3.05) is 18.5 Å². The zero-order valence-corrected chi connectivity index (χ0v) is 15.0. The minimum Gasteiger partial charge on any atom is -0.486 e. The van der Waals surface area contributed by atoms with Gasteiger partial charge in [-0.1, -0.05) is 24.3 Å². The van der Waals surface area contributed by atoms with Crippen LogP contribution in [0.2, 0.25) is 0 Å². The standard InChI is InChI=1S/C21H20N2O4/c1-14(24)23-9-8-15-4-2-3-5-17(15)18(23)13-21(25)22-16-6-7-19-20(12-16)27-11-10-26-19/h2-9,12,18H,10-11,13H2,1H3,(H,22,25). The van der Waals surface area contributed by atoms with Crippen molar-refractivity contribution >= 4 is 23.6 Å². The molecule has 2 aliphatic rings. The van der Waals surface area contributed by atoms with Gasteiger partial charge in [0.25, 0.3) is 0 Å². The number of carbonyl (C=O) groups is 2. The van der Waals surface area contributed by atoms with Crippen molar-refractivity contribution in [3.63, 3.8) is 0 Å². The molecule has 1 N–H and O–H groups in total. The number of ether oxygens (including phenoxy) is 2. The lowest BCUT2D eigenvalue weighted by molar-refractivity contribution is -0.129. The molecule has 4 rings (SSSR count). The van der Waals surface area contributed by atoms with Crippen molar-refractivity contribution < 1.29 is 19.1 Å². The van der Waals surface area contributed by atoms with E-state index in [4.69, 9.17) is 9.47 Å². The van der Waals surface area contributed by atoms with E-state index in [0.29, 0.717) is 30.4 Å². The van der Waals surface area contributed by atoms with Gasteiger partial charge in [-0.2, -0.15) is 0 Å². The van der Waals surface area contributed by atoms with E-state index in [0.717, 1.165) is 11.1 Å². The van der Waals surface area contributed by atoms with Crippen LogP contribution in [-0.4, -0.2) is 29.9 Å². The summed E-state index contributed by atoms with van der Waals surface area (Å²) in [6.45, 7) is 2.52. The van der Waals surface area contributed by atoms with Gasteiger partial charge in [0.2, 0.25) is 11.8 Å². The first-order valence-corrected chi connectivity index (χ1v) is 8.87. The maximum atomic E-state index is 12.7. The fraction of sp³-hybridized carbons (Fsp3) is 0.238. The van der Waals surface area contributed by atoms with Gasteiger partial charge in [-0.25, -0.2) is 0 Å². The first-order chi connectivity index (χ1) is 13.1. The molecular weight excluding hydrogens is 344 g/mol. The quantitative estimate of drug-likeness (QED) is 0.907. The van der Waals surface area contributed by atoms with E-state index < -0.39 is 0 Å². The lowest BCUT2D eigenvalue weighted by Gasteiger charge is -2.32. The van der Waals surface area contributed by atoms with Crippen LogP contribution in [-0.2, 0) is 9.59 Å². The van der Waals surface area contributed by atoms with Crippen LogP contribution in [0.4, 0.5) is 5.69 Å². The van der Waals surface area contributed by atoms with Crippen LogP contribution in [0.5, 0.6) is 11.5 Å². The third kappa shape index (κ3) is 3.51. The van der Waals surface area contributed by atoms with Crippen molar-refractivity contribution in [1.29, 1.82) is 0 Å². The molecule has 2 aromatic carbocycles. The average Bonchev–Trinajstić information content (AvgIpc) is 2.68. The molecule has 2 heterocycles. The normalized spacial score (nSPS) is 17.2. The molecule has 0 fully saturated rings. The molecule has 138 valence electrons. The minimum atomic E-state index is -0.332. The molecule has 0 spiro atoms. The summed E-state index contributed by atoms with van der Waals surface area (Å²) in [4.78, 5) is 26.3. The van der Waals surface area contributed by atoms with Gasteiger partial charge in [-0.15, -0.1) is 0 Å². The molecule has 0 aromatic heterocycles. The number of fused-ring (bicyclic) bond motifs is 2. The molecule has 6 nitrogen and oxygen atoms in total. The number of rotatable bonds is 3. The Hall–Kier alpha value is -3.28. The average molecular weight is 364 g/mol. The number of hydrogen-bond donors (Lipinski definition) is 1. The topological polar surface area (TPSA) is 67.9 Å². The molecule has 0 saturated heterocycles. The van der Waals surface area contributed by atoms with E-state index in [1.165, 1.54) is 6.92 Å². The Balaban J connectivity index is 1.52. The molecule has 0 radical (unpaired) electrons. The Morgan fingerprint density at radius 3 is 2.70 bits per heavy atom. The first-order valence-electron chi connectivity index (χ1n) is 8.87.